The summed E-state index contributed by atoms with van der Waals surface area (Å²) in [5.74, 6) is -0.509. The third-order valence-corrected chi connectivity index (χ3v) is 4.17. The summed E-state index contributed by atoms with van der Waals surface area (Å²) in [6.07, 6.45) is 2.96. The molecule has 0 fully saturated rings. The molecule has 0 aromatic heterocycles. The molecule has 0 saturated carbocycles. The molecular formula is C18H18O2. The van der Waals surface area contributed by atoms with Crippen LogP contribution in [0.5, 0.6) is 0 Å². The Morgan fingerprint density at radius 3 is 1.95 bits per heavy atom. The van der Waals surface area contributed by atoms with E-state index in [-0.39, 0.29) is 12.3 Å². The fraction of sp³-hybridized carbons (Fsp3) is 0.278. The van der Waals surface area contributed by atoms with Gasteiger partial charge in [-0.1, -0.05) is 48.5 Å². The number of carboxylic acids is 1. The van der Waals surface area contributed by atoms with Gasteiger partial charge in [0.25, 0.3) is 0 Å². The molecule has 2 heteroatoms. The van der Waals surface area contributed by atoms with Crippen LogP contribution in [0.2, 0.25) is 0 Å². The third kappa shape index (κ3) is 2.46. The summed E-state index contributed by atoms with van der Waals surface area (Å²) >= 11 is 0. The van der Waals surface area contributed by atoms with E-state index in [1.54, 1.807) is 0 Å². The number of rotatable bonds is 3. The van der Waals surface area contributed by atoms with Crippen molar-refractivity contribution >= 4 is 5.97 Å². The summed E-state index contributed by atoms with van der Waals surface area (Å²) in [4.78, 5) is 11.0. The number of hydrogen-bond acceptors (Lipinski definition) is 1. The Morgan fingerprint density at radius 1 is 0.950 bits per heavy atom. The van der Waals surface area contributed by atoms with Crippen LogP contribution in [0.3, 0.4) is 0 Å². The molecule has 0 heterocycles. The number of carboxylic acid groups (broad SMARTS) is 1. The van der Waals surface area contributed by atoms with Gasteiger partial charge in [-0.2, -0.15) is 0 Å². The van der Waals surface area contributed by atoms with Crippen LogP contribution < -0.4 is 0 Å². The third-order valence-electron chi connectivity index (χ3n) is 4.17. The van der Waals surface area contributed by atoms with Gasteiger partial charge in [0.15, 0.2) is 0 Å². The van der Waals surface area contributed by atoms with Crippen LogP contribution in [0.25, 0.3) is 0 Å². The molecule has 3 rings (SSSR count). The Hall–Kier alpha value is -2.09. The highest BCUT2D eigenvalue weighted by Gasteiger charge is 2.23. The lowest BCUT2D eigenvalue weighted by atomic mass is 9.85. The number of carbonyl (C=O) groups is 1. The van der Waals surface area contributed by atoms with Crippen LogP contribution >= 0.6 is 0 Å². The minimum Gasteiger partial charge on any atom is -0.481 e. The fourth-order valence-corrected chi connectivity index (χ4v) is 3.22. The molecular weight excluding hydrogens is 248 g/mol. The minimum atomic E-state index is -0.718. The van der Waals surface area contributed by atoms with Gasteiger partial charge in [0.05, 0.1) is 0 Å². The molecule has 0 saturated heterocycles. The van der Waals surface area contributed by atoms with Crippen molar-refractivity contribution in [3.05, 3.63) is 70.8 Å². The predicted molar refractivity (Wildman–Crippen MR) is 79.0 cm³/mol. The number of aliphatic carboxylic acids is 1. The molecule has 0 aliphatic heterocycles. The molecule has 2 aromatic carbocycles. The van der Waals surface area contributed by atoms with Gasteiger partial charge < -0.3 is 5.11 Å². The van der Waals surface area contributed by atoms with Gasteiger partial charge in [-0.05, 0) is 41.5 Å². The Balaban J connectivity index is 2.06. The second kappa shape index (κ2) is 5.49. The zero-order valence-electron chi connectivity index (χ0n) is 11.4. The van der Waals surface area contributed by atoms with Gasteiger partial charge in [0, 0.05) is 12.3 Å². The molecule has 0 radical (unpaired) electrons. The standard InChI is InChI=1S/C18H18O2/c19-18(20)12-11-17-15-7-3-1-5-13(15)9-10-14-6-2-4-8-16(14)17/h1-8,17H,9-12H2,(H,19,20). The number of fused-ring (bicyclic) bond motifs is 2. The van der Waals surface area contributed by atoms with Crippen LogP contribution in [-0.4, -0.2) is 11.1 Å². The second-order valence-corrected chi connectivity index (χ2v) is 5.38. The normalized spacial score (nSPS) is 14.2. The number of hydrogen-bond donors (Lipinski definition) is 1. The summed E-state index contributed by atoms with van der Waals surface area (Å²) in [6.45, 7) is 0. The van der Waals surface area contributed by atoms with Crippen LogP contribution in [0.4, 0.5) is 0 Å². The first-order valence-electron chi connectivity index (χ1n) is 7.13. The van der Waals surface area contributed by atoms with Crippen LogP contribution in [-0.2, 0) is 17.6 Å². The molecule has 1 aliphatic rings. The summed E-state index contributed by atoms with van der Waals surface area (Å²) in [7, 11) is 0. The van der Waals surface area contributed by atoms with Gasteiger partial charge in [-0.25, -0.2) is 0 Å². The second-order valence-electron chi connectivity index (χ2n) is 5.38. The van der Waals surface area contributed by atoms with E-state index in [0.717, 1.165) is 12.8 Å². The Morgan fingerprint density at radius 2 is 1.45 bits per heavy atom. The molecule has 0 amide bonds. The van der Waals surface area contributed by atoms with Crippen molar-refractivity contribution in [1.29, 1.82) is 0 Å². The molecule has 1 aliphatic carbocycles. The fourth-order valence-electron chi connectivity index (χ4n) is 3.22. The van der Waals surface area contributed by atoms with Crippen molar-refractivity contribution in [2.75, 3.05) is 0 Å². The molecule has 2 aromatic rings. The quantitative estimate of drug-likeness (QED) is 0.918. The van der Waals surface area contributed by atoms with Gasteiger partial charge >= 0.3 is 5.97 Å². The number of benzene rings is 2. The van der Waals surface area contributed by atoms with Crippen molar-refractivity contribution in [3.8, 4) is 0 Å². The molecule has 0 spiro atoms. The summed E-state index contributed by atoms with van der Waals surface area (Å²) in [5, 5.41) is 9.01. The highest BCUT2D eigenvalue weighted by Crippen LogP contribution is 2.36. The predicted octanol–water partition coefficient (Wildman–Crippen LogP) is 3.78. The van der Waals surface area contributed by atoms with Crippen LogP contribution in [0.15, 0.2) is 48.5 Å². The first-order valence-corrected chi connectivity index (χ1v) is 7.13. The monoisotopic (exact) mass is 266 g/mol. The van der Waals surface area contributed by atoms with E-state index in [2.05, 4.69) is 48.5 Å². The maximum absolute atomic E-state index is 11.0. The van der Waals surface area contributed by atoms with E-state index in [9.17, 15) is 4.79 Å². The van der Waals surface area contributed by atoms with Gasteiger partial charge in [0.2, 0.25) is 0 Å². The molecule has 2 nitrogen and oxygen atoms in total. The number of aryl methyl sites for hydroxylation is 2. The maximum Gasteiger partial charge on any atom is 0.303 e. The summed E-state index contributed by atoms with van der Waals surface area (Å²) in [5.41, 5.74) is 5.33. The first kappa shape index (κ1) is 12.9. The van der Waals surface area contributed by atoms with Crippen molar-refractivity contribution < 1.29 is 9.90 Å². The van der Waals surface area contributed by atoms with Gasteiger partial charge in [-0.15, -0.1) is 0 Å². The summed E-state index contributed by atoms with van der Waals surface area (Å²) in [6, 6.07) is 16.9. The zero-order chi connectivity index (χ0) is 13.9. The van der Waals surface area contributed by atoms with Gasteiger partial charge in [0.1, 0.15) is 0 Å². The van der Waals surface area contributed by atoms with Crippen LogP contribution in [0.1, 0.15) is 41.0 Å². The van der Waals surface area contributed by atoms with E-state index in [1.165, 1.54) is 22.3 Å². The first-order chi connectivity index (χ1) is 9.75. The highest BCUT2D eigenvalue weighted by molar-refractivity contribution is 5.67. The van der Waals surface area contributed by atoms with E-state index in [4.69, 9.17) is 5.11 Å². The topological polar surface area (TPSA) is 37.3 Å². The van der Waals surface area contributed by atoms with Crippen molar-refractivity contribution in [3.63, 3.8) is 0 Å². The van der Waals surface area contributed by atoms with Crippen molar-refractivity contribution in [2.24, 2.45) is 0 Å². The largest absolute Gasteiger partial charge is 0.481 e. The average Bonchev–Trinajstić information content (AvgIpc) is 2.62. The Kier molecular flexibility index (Phi) is 3.55. The Labute approximate surface area is 119 Å². The van der Waals surface area contributed by atoms with Gasteiger partial charge in [-0.3, -0.25) is 4.79 Å². The lowest BCUT2D eigenvalue weighted by Gasteiger charge is -2.19. The SMILES string of the molecule is O=C(O)CCC1c2ccccc2CCc2ccccc21. The summed E-state index contributed by atoms with van der Waals surface area (Å²) < 4.78 is 0. The average molecular weight is 266 g/mol. The van der Waals surface area contributed by atoms with E-state index in [1.807, 2.05) is 0 Å². The smallest absolute Gasteiger partial charge is 0.303 e. The molecule has 102 valence electrons. The highest BCUT2D eigenvalue weighted by atomic mass is 16.4. The van der Waals surface area contributed by atoms with E-state index < -0.39 is 5.97 Å². The minimum absolute atomic E-state index is 0.209. The molecule has 20 heavy (non-hydrogen) atoms. The van der Waals surface area contributed by atoms with Crippen molar-refractivity contribution in [1.82, 2.24) is 0 Å². The Bertz CT molecular complexity index is 583. The van der Waals surface area contributed by atoms with E-state index in [0.29, 0.717) is 6.42 Å². The van der Waals surface area contributed by atoms with Crippen molar-refractivity contribution in [2.45, 2.75) is 31.6 Å². The molecule has 0 unspecified atom stereocenters. The lowest BCUT2D eigenvalue weighted by Crippen LogP contribution is -2.07. The molecule has 0 atom stereocenters. The van der Waals surface area contributed by atoms with E-state index >= 15 is 0 Å². The molecule has 1 N–H and O–H groups in total. The lowest BCUT2D eigenvalue weighted by molar-refractivity contribution is -0.137. The molecule has 0 bridgehead atoms. The van der Waals surface area contributed by atoms with Crippen LogP contribution in [0, 0.1) is 0 Å². The zero-order valence-corrected chi connectivity index (χ0v) is 11.4. The maximum atomic E-state index is 11.0.